The van der Waals surface area contributed by atoms with Crippen LogP contribution >= 0.6 is 0 Å². The number of carboxylic acids is 1. The molecule has 174 valence electrons. The summed E-state index contributed by atoms with van der Waals surface area (Å²) in [5.41, 5.74) is -2.25. The average Bonchev–Trinajstić information content (AvgIpc) is 3.08. The number of benzene rings is 1. The third kappa shape index (κ3) is 6.51. The Kier molecular flexibility index (Phi) is 10.1. The fourth-order valence-corrected chi connectivity index (χ4v) is 2.28. The SMILES string of the molecule is O=C(O)c1ccc2c(c1)C(=O)OC2=O.OCC(CO)(CO)COCC(CO)(CO)CO. The molecule has 0 amide bonds. The summed E-state index contributed by atoms with van der Waals surface area (Å²) >= 11 is 0. The first-order valence-electron chi connectivity index (χ1n) is 9.04. The molecule has 0 saturated carbocycles. The van der Waals surface area contributed by atoms with Crippen LogP contribution in [0.25, 0.3) is 0 Å². The van der Waals surface area contributed by atoms with Gasteiger partial charge in [-0.3, -0.25) is 0 Å². The Hall–Kier alpha value is -2.45. The predicted molar refractivity (Wildman–Crippen MR) is 101 cm³/mol. The number of hydrogen-bond donors (Lipinski definition) is 7. The normalized spacial score (nSPS) is 13.4. The van der Waals surface area contributed by atoms with Crippen molar-refractivity contribution < 1.29 is 59.6 Å². The van der Waals surface area contributed by atoms with E-state index in [0.29, 0.717) is 0 Å². The Morgan fingerprint density at radius 2 is 1.19 bits per heavy atom. The number of fused-ring (bicyclic) bond motifs is 1. The molecule has 0 aromatic heterocycles. The van der Waals surface area contributed by atoms with E-state index in [4.69, 9.17) is 40.5 Å². The molecule has 0 atom stereocenters. The molecule has 0 saturated heterocycles. The molecule has 7 N–H and O–H groups in total. The van der Waals surface area contributed by atoms with Crippen molar-refractivity contribution in [3.05, 3.63) is 34.9 Å². The summed E-state index contributed by atoms with van der Waals surface area (Å²) in [5, 5.41) is 62.8. The largest absolute Gasteiger partial charge is 0.478 e. The zero-order chi connectivity index (χ0) is 23.7. The van der Waals surface area contributed by atoms with Crippen molar-refractivity contribution >= 4 is 17.9 Å². The van der Waals surface area contributed by atoms with Gasteiger partial charge in [0.25, 0.3) is 0 Å². The third-order valence-electron chi connectivity index (χ3n) is 4.72. The summed E-state index contributed by atoms with van der Waals surface area (Å²) in [5.74, 6) is -2.69. The van der Waals surface area contributed by atoms with Gasteiger partial charge in [0.2, 0.25) is 0 Å². The van der Waals surface area contributed by atoms with Crippen LogP contribution in [-0.2, 0) is 9.47 Å². The van der Waals surface area contributed by atoms with Gasteiger partial charge < -0.3 is 45.2 Å². The second kappa shape index (κ2) is 11.8. The zero-order valence-corrected chi connectivity index (χ0v) is 16.6. The topological polar surface area (TPSA) is 211 Å². The van der Waals surface area contributed by atoms with Gasteiger partial charge in [0.1, 0.15) is 0 Å². The lowest BCUT2D eigenvalue weighted by Crippen LogP contribution is -2.43. The Balaban J connectivity index is 0.000000314. The van der Waals surface area contributed by atoms with Gasteiger partial charge in [-0.1, -0.05) is 0 Å². The van der Waals surface area contributed by atoms with E-state index in [-0.39, 0.29) is 29.9 Å². The lowest BCUT2D eigenvalue weighted by molar-refractivity contribution is -0.103. The van der Waals surface area contributed by atoms with Crippen LogP contribution in [0.3, 0.4) is 0 Å². The molecule has 0 spiro atoms. The number of aliphatic hydroxyl groups excluding tert-OH is 6. The van der Waals surface area contributed by atoms with Crippen molar-refractivity contribution in [1.82, 2.24) is 0 Å². The van der Waals surface area contributed by atoms with E-state index in [1.807, 2.05) is 0 Å². The molecule has 1 aliphatic heterocycles. The Bertz CT molecular complexity index is 731. The summed E-state index contributed by atoms with van der Waals surface area (Å²) < 4.78 is 9.45. The van der Waals surface area contributed by atoms with E-state index in [9.17, 15) is 14.4 Å². The number of cyclic esters (lactones) is 2. The average molecular weight is 446 g/mol. The highest BCUT2D eigenvalue weighted by Gasteiger charge is 2.33. The van der Waals surface area contributed by atoms with Gasteiger partial charge >= 0.3 is 17.9 Å². The number of ether oxygens (including phenoxy) is 2. The minimum absolute atomic E-state index is 0.00917. The van der Waals surface area contributed by atoms with Crippen molar-refractivity contribution in [1.29, 1.82) is 0 Å². The van der Waals surface area contributed by atoms with Gasteiger partial charge in [0, 0.05) is 0 Å². The van der Waals surface area contributed by atoms with E-state index < -0.39 is 68.4 Å². The van der Waals surface area contributed by atoms with Crippen molar-refractivity contribution in [3.63, 3.8) is 0 Å². The van der Waals surface area contributed by atoms with E-state index in [2.05, 4.69) is 4.74 Å². The second-order valence-corrected chi connectivity index (χ2v) is 7.18. The number of carbonyl (C=O) groups is 3. The lowest BCUT2D eigenvalue weighted by atomic mass is 9.91. The Morgan fingerprint density at radius 3 is 1.58 bits per heavy atom. The molecule has 2 rings (SSSR count). The van der Waals surface area contributed by atoms with Gasteiger partial charge in [-0.05, 0) is 18.2 Å². The molecule has 0 aliphatic carbocycles. The number of aromatic carboxylic acids is 1. The summed E-state index contributed by atoms with van der Waals surface area (Å²) in [6, 6.07) is 3.65. The van der Waals surface area contributed by atoms with Crippen molar-refractivity contribution in [3.8, 4) is 0 Å². The molecule has 31 heavy (non-hydrogen) atoms. The van der Waals surface area contributed by atoms with Crippen LogP contribution in [0.2, 0.25) is 0 Å². The number of rotatable bonds is 11. The maximum atomic E-state index is 11.0. The van der Waals surface area contributed by atoms with Gasteiger partial charge in [0.15, 0.2) is 0 Å². The Morgan fingerprint density at radius 1 is 0.774 bits per heavy atom. The highest BCUT2D eigenvalue weighted by Crippen LogP contribution is 2.21. The minimum Gasteiger partial charge on any atom is -0.478 e. The predicted octanol–water partition coefficient (Wildman–Crippen LogP) is -2.37. The molecule has 1 aromatic rings. The number of carbonyl (C=O) groups excluding carboxylic acids is 2. The van der Waals surface area contributed by atoms with Crippen LogP contribution in [0.5, 0.6) is 0 Å². The molecular weight excluding hydrogens is 420 g/mol. The van der Waals surface area contributed by atoms with Crippen LogP contribution in [0.15, 0.2) is 18.2 Å². The third-order valence-corrected chi connectivity index (χ3v) is 4.72. The van der Waals surface area contributed by atoms with Gasteiger partial charge in [0.05, 0.1) is 80.4 Å². The summed E-state index contributed by atoms with van der Waals surface area (Å²) in [6.45, 7) is -3.01. The molecule has 1 aromatic carbocycles. The summed E-state index contributed by atoms with van der Waals surface area (Å²) in [4.78, 5) is 32.5. The fraction of sp³-hybridized carbons (Fsp3) is 0.526. The van der Waals surface area contributed by atoms with Crippen LogP contribution in [0.4, 0.5) is 0 Å². The number of carboxylic acid groups (broad SMARTS) is 1. The summed E-state index contributed by atoms with van der Waals surface area (Å²) in [7, 11) is 0. The maximum absolute atomic E-state index is 11.0. The molecule has 0 unspecified atom stereocenters. The van der Waals surface area contributed by atoms with Crippen LogP contribution in [0.1, 0.15) is 31.1 Å². The highest BCUT2D eigenvalue weighted by molar-refractivity contribution is 6.15. The molecule has 1 aliphatic rings. The number of esters is 2. The van der Waals surface area contributed by atoms with Crippen LogP contribution < -0.4 is 0 Å². The van der Waals surface area contributed by atoms with E-state index in [0.717, 1.165) is 6.07 Å². The van der Waals surface area contributed by atoms with E-state index >= 15 is 0 Å². The summed E-state index contributed by atoms with van der Waals surface area (Å²) in [6.07, 6.45) is 0. The van der Waals surface area contributed by atoms with E-state index in [1.165, 1.54) is 12.1 Å². The van der Waals surface area contributed by atoms with Crippen molar-refractivity contribution in [2.75, 3.05) is 52.9 Å². The molecular formula is C19H26O12. The van der Waals surface area contributed by atoms with Gasteiger partial charge in [-0.2, -0.15) is 0 Å². The monoisotopic (exact) mass is 446 g/mol. The Labute approximate surface area is 176 Å². The van der Waals surface area contributed by atoms with E-state index in [1.54, 1.807) is 0 Å². The molecule has 0 fully saturated rings. The first-order chi connectivity index (χ1) is 14.7. The highest BCUT2D eigenvalue weighted by atomic mass is 16.6. The number of hydrogen-bond acceptors (Lipinski definition) is 11. The molecule has 12 nitrogen and oxygen atoms in total. The fourth-order valence-electron chi connectivity index (χ4n) is 2.28. The number of aliphatic hydroxyl groups is 6. The minimum atomic E-state index is -1.16. The quantitative estimate of drug-likeness (QED) is 0.140. The maximum Gasteiger partial charge on any atom is 0.346 e. The second-order valence-electron chi connectivity index (χ2n) is 7.18. The van der Waals surface area contributed by atoms with Crippen LogP contribution in [0, 0.1) is 10.8 Å². The van der Waals surface area contributed by atoms with Crippen molar-refractivity contribution in [2.45, 2.75) is 0 Å². The molecule has 12 heteroatoms. The molecule has 0 bridgehead atoms. The van der Waals surface area contributed by atoms with Gasteiger partial charge in [-0.25, -0.2) is 14.4 Å². The lowest BCUT2D eigenvalue weighted by Gasteiger charge is -2.31. The first kappa shape index (κ1) is 26.6. The van der Waals surface area contributed by atoms with Gasteiger partial charge in [-0.15, -0.1) is 0 Å². The van der Waals surface area contributed by atoms with Crippen LogP contribution in [-0.4, -0.2) is 107 Å². The zero-order valence-electron chi connectivity index (χ0n) is 16.6. The molecule has 1 heterocycles. The smallest absolute Gasteiger partial charge is 0.346 e. The molecule has 0 radical (unpaired) electrons. The first-order valence-corrected chi connectivity index (χ1v) is 9.04. The standard InChI is InChI=1S/C10H22O7.C9H4O5/c11-1-9(2-12,3-13)7-17-8-10(4-14,5-15)6-16;10-7(11)4-1-2-5-6(3-4)9(13)14-8(5)12/h11-16H,1-8H2;1-3H,(H,10,11). The van der Waals surface area contributed by atoms with Crippen molar-refractivity contribution in [2.24, 2.45) is 10.8 Å².